The van der Waals surface area contributed by atoms with Gasteiger partial charge in [-0.3, -0.25) is 0 Å². The van der Waals surface area contributed by atoms with Crippen molar-refractivity contribution in [1.29, 1.82) is 5.26 Å². The second-order valence-corrected chi connectivity index (χ2v) is 7.88. The van der Waals surface area contributed by atoms with Crippen LogP contribution in [0.2, 0.25) is 0 Å². The monoisotopic (exact) mass is 359 g/mol. The van der Waals surface area contributed by atoms with Crippen LogP contribution in [-0.4, -0.2) is 46.1 Å². The molecule has 2 aliphatic rings. The molecule has 0 spiro atoms. The topological polar surface area (TPSA) is 84.7 Å². The zero-order chi connectivity index (χ0) is 18.4. The van der Waals surface area contributed by atoms with Gasteiger partial charge in [0.05, 0.1) is 10.9 Å². The van der Waals surface area contributed by atoms with Crippen LogP contribution in [0.5, 0.6) is 0 Å². The number of rotatable bonds is 2. The van der Waals surface area contributed by atoms with E-state index in [0.29, 0.717) is 11.5 Å². The molecule has 0 aromatic carbocycles. The molecule has 3 aromatic rings. The van der Waals surface area contributed by atoms with Crippen LogP contribution < -0.4 is 9.80 Å². The highest BCUT2D eigenvalue weighted by molar-refractivity contribution is 5.87. The molecule has 0 radical (unpaired) electrons. The third-order valence-corrected chi connectivity index (χ3v) is 6.21. The fourth-order valence-corrected chi connectivity index (χ4v) is 4.54. The summed E-state index contributed by atoms with van der Waals surface area (Å²) >= 11 is 0. The average Bonchev–Trinajstić information content (AvgIpc) is 3.31. The molecular formula is C20H21N7. The zero-order valence-electron chi connectivity index (χ0n) is 15.3. The van der Waals surface area contributed by atoms with E-state index in [1.165, 1.54) is 0 Å². The van der Waals surface area contributed by atoms with Gasteiger partial charge in [-0.25, -0.2) is 15.0 Å². The zero-order valence-corrected chi connectivity index (χ0v) is 15.3. The molecule has 1 N–H and O–H groups in total. The SMILES string of the molecule is C[C@@]12CCN(c3ncnc4[nH]ccc34)CC1CN(c1ccc(C#N)cn1)C2. The van der Waals surface area contributed by atoms with Gasteiger partial charge >= 0.3 is 0 Å². The van der Waals surface area contributed by atoms with E-state index in [2.05, 4.69) is 48.8 Å². The number of hydrogen-bond donors (Lipinski definition) is 1. The van der Waals surface area contributed by atoms with Crippen molar-refractivity contribution < 1.29 is 0 Å². The van der Waals surface area contributed by atoms with Crippen LogP contribution in [0.15, 0.2) is 36.9 Å². The van der Waals surface area contributed by atoms with Crippen LogP contribution in [-0.2, 0) is 0 Å². The minimum Gasteiger partial charge on any atom is -0.356 e. The Morgan fingerprint density at radius 2 is 2.07 bits per heavy atom. The summed E-state index contributed by atoms with van der Waals surface area (Å²) in [7, 11) is 0. The Labute approximate surface area is 157 Å². The molecule has 0 bridgehead atoms. The first-order valence-electron chi connectivity index (χ1n) is 9.30. The maximum atomic E-state index is 8.98. The fourth-order valence-electron chi connectivity index (χ4n) is 4.54. The number of nitrogens with one attached hydrogen (secondary N) is 1. The minimum absolute atomic E-state index is 0.274. The van der Waals surface area contributed by atoms with Crippen LogP contribution in [0.25, 0.3) is 11.0 Å². The van der Waals surface area contributed by atoms with Gasteiger partial charge in [-0.1, -0.05) is 6.92 Å². The number of pyridine rings is 1. The van der Waals surface area contributed by atoms with E-state index >= 15 is 0 Å². The fraction of sp³-hybridized carbons (Fsp3) is 0.400. The van der Waals surface area contributed by atoms with Crippen molar-refractivity contribution in [3.05, 3.63) is 42.5 Å². The van der Waals surface area contributed by atoms with Crippen molar-refractivity contribution in [2.45, 2.75) is 13.3 Å². The number of aromatic amines is 1. The lowest BCUT2D eigenvalue weighted by atomic mass is 9.74. The summed E-state index contributed by atoms with van der Waals surface area (Å²) in [6.45, 7) is 6.37. The van der Waals surface area contributed by atoms with Crippen molar-refractivity contribution in [3.8, 4) is 6.07 Å². The van der Waals surface area contributed by atoms with Gasteiger partial charge in [0.1, 0.15) is 29.7 Å². The molecule has 0 aliphatic carbocycles. The predicted octanol–water partition coefficient (Wildman–Crippen LogP) is 2.58. The number of hydrogen-bond acceptors (Lipinski definition) is 6. The van der Waals surface area contributed by atoms with E-state index in [-0.39, 0.29) is 5.41 Å². The highest BCUT2D eigenvalue weighted by Gasteiger charge is 2.46. The Morgan fingerprint density at radius 1 is 1.19 bits per heavy atom. The van der Waals surface area contributed by atoms with E-state index in [9.17, 15) is 0 Å². The molecule has 7 nitrogen and oxygen atoms in total. The Bertz CT molecular complexity index is 1020. The van der Waals surface area contributed by atoms with E-state index in [4.69, 9.17) is 5.26 Å². The second-order valence-electron chi connectivity index (χ2n) is 7.88. The third-order valence-electron chi connectivity index (χ3n) is 6.21. The molecular weight excluding hydrogens is 338 g/mol. The van der Waals surface area contributed by atoms with Crippen LogP contribution in [0.4, 0.5) is 11.6 Å². The van der Waals surface area contributed by atoms with Gasteiger partial charge in [-0.15, -0.1) is 0 Å². The van der Waals surface area contributed by atoms with E-state index in [1.54, 1.807) is 12.5 Å². The van der Waals surface area contributed by atoms with Gasteiger partial charge in [0.25, 0.3) is 0 Å². The first kappa shape index (κ1) is 16.1. The van der Waals surface area contributed by atoms with Gasteiger partial charge in [-0.05, 0) is 30.0 Å². The molecule has 2 aliphatic heterocycles. The second kappa shape index (κ2) is 5.95. The number of nitriles is 1. The maximum Gasteiger partial charge on any atom is 0.142 e. The van der Waals surface area contributed by atoms with Crippen LogP contribution in [0.1, 0.15) is 18.9 Å². The summed E-state index contributed by atoms with van der Waals surface area (Å²) in [4.78, 5) is 21.3. The third kappa shape index (κ3) is 2.60. The number of aromatic nitrogens is 4. The van der Waals surface area contributed by atoms with Gasteiger partial charge in [-0.2, -0.15) is 5.26 Å². The Kier molecular flexibility index (Phi) is 3.54. The van der Waals surface area contributed by atoms with Crippen LogP contribution in [0.3, 0.4) is 0 Å². The van der Waals surface area contributed by atoms with Gasteiger partial charge in [0.2, 0.25) is 0 Å². The predicted molar refractivity (Wildman–Crippen MR) is 103 cm³/mol. The van der Waals surface area contributed by atoms with Crippen molar-refractivity contribution >= 4 is 22.7 Å². The van der Waals surface area contributed by atoms with Crippen molar-refractivity contribution in [2.75, 3.05) is 36.0 Å². The van der Waals surface area contributed by atoms with E-state index < -0.39 is 0 Å². The molecule has 27 heavy (non-hydrogen) atoms. The van der Waals surface area contributed by atoms with E-state index in [1.807, 2.05) is 18.3 Å². The minimum atomic E-state index is 0.274. The number of H-pyrrole nitrogens is 1. The molecule has 7 heteroatoms. The van der Waals surface area contributed by atoms with Crippen molar-refractivity contribution in [3.63, 3.8) is 0 Å². The van der Waals surface area contributed by atoms with Crippen LogP contribution >= 0.6 is 0 Å². The quantitative estimate of drug-likeness (QED) is 0.757. The number of nitrogens with zero attached hydrogens (tertiary/aromatic N) is 6. The van der Waals surface area contributed by atoms with Crippen molar-refractivity contribution in [2.24, 2.45) is 11.3 Å². The van der Waals surface area contributed by atoms with Gasteiger partial charge in [0, 0.05) is 44.5 Å². The lowest BCUT2D eigenvalue weighted by molar-refractivity contribution is 0.209. The van der Waals surface area contributed by atoms with Crippen LogP contribution in [0, 0.1) is 22.7 Å². The van der Waals surface area contributed by atoms with Crippen molar-refractivity contribution in [1.82, 2.24) is 19.9 Å². The maximum absolute atomic E-state index is 8.98. The Morgan fingerprint density at radius 3 is 2.89 bits per heavy atom. The summed E-state index contributed by atoms with van der Waals surface area (Å²) in [6, 6.07) is 8.00. The standard InChI is InChI=1S/C20H21N7/c1-20-5-7-26(19-16-4-6-22-18(16)24-13-25-19)10-15(20)11-27(12-20)17-3-2-14(8-21)9-23-17/h2-4,6,9,13,15H,5,7,10-12H2,1H3,(H,22,24,25)/t15?,20-/m0/s1. The van der Waals surface area contributed by atoms with E-state index in [0.717, 1.165) is 55.3 Å². The summed E-state index contributed by atoms with van der Waals surface area (Å²) in [5, 5.41) is 10.1. The average molecular weight is 359 g/mol. The van der Waals surface area contributed by atoms with Gasteiger partial charge < -0.3 is 14.8 Å². The molecule has 0 amide bonds. The molecule has 136 valence electrons. The molecule has 2 saturated heterocycles. The summed E-state index contributed by atoms with van der Waals surface area (Å²) in [5.41, 5.74) is 1.77. The molecule has 1 unspecified atom stereocenters. The number of fused-ring (bicyclic) bond motifs is 2. The first-order chi connectivity index (χ1) is 13.2. The first-order valence-corrected chi connectivity index (χ1v) is 9.30. The number of piperidine rings is 1. The normalized spacial score (nSPS) is 24.8. The molecule has 2 fully saturated rings. The molecule has 5 heterocycles. The Balaban J connectivity index is 1.39. The lowest BCUT2D eigenvalue weighted by Crippen LogP contribution is -2.45. The highest BCUT2D eigenvalue weighted by atomic mass is 15.3. The summed E-state index contributed by atoms with van der Waals surface area (Å²) in [5.74, 6) is 2.54. The lowest BCUT2D eigenvalue weighted by Gasteiger charge is -2.41. The number of anilines is 2. The molecule has 0 saturated carbocycles. The smallest absolute Gasteiger partial charge is 0.142 e. The highest BCUT2D eigenvalue weighted by Crippen LogP contribution is 2.44. The molecule has 5 rings (SSSR count). The molecule has 2 atom stereocenters. The summed E-state index contributed by atoms with van der Waals surface area (Å²) in [6.07, 6.45) is 6.35. The summed E-state index contributed by atoms with van der Waals surface area (Å²) < 4.78 is 0. The Hall–Kier alpha value is -3.14. The largest absolute Gasteiger partial charge is 0.356 e. The molecule has 3 aromatic heterocycles. The van der Waals surface area contributed by atoms with Gasteiger partial charge in [0.15, 0.2) is 0 Å².